The minimum Gasteiger partial charge on any atom is -0.491 e. The van der Waals surface area contributed by atoms with Gasteiger partial charge < -0.3 is 20.5 Å². The van der Waals surface area contributed by atoms with Crippen molar-refractivity contribution in [1.82, 2.24) is 15.5 Å². The van der Waals surface area contributed by atoms with Crippen LogP contribution in [0.15, 0.2) is 29.3 Å². The second-order valence-corrected chi connectivity index (χ2v) is 7.60. The smallest absolute Gasteiger partial charge is 0.191 e. The van der Waals surface area contributed by atoms with Gasteiger partial charge in [-0.15, -0.1) is 24.0 Å². The molecule has 0 spiro atoms. The fourth-order valence-electron chi connectivity index (χ4n) is 2.91. The molecule has 1 fully saturated rings. The Hall–Kier alpha value is -1.06. The number of nitrogens with zero attached hydrogens (tertiary/aromatic N) is 2. The Labute approximate surface area is 187 Å². The predicted molar refractivity (Wildman–Crippen MR) is 127 cm³/mol. The van der Waals surface area contributed by atoms with Crippen LogP contribution in [0.1, 0.15) is 52.2 Å². The van der Waals surface area contributed by atoms with Crippen molar-refractivity contribution in [3.8, 4) is 5.75 Å². The zero-order chi connectivity index (χ0) is 19.8. The molecule has 2 atom stereocenters. The molecule has 160 valence electrons. The summed E-state index contributed by atoms with van der Waals surface area (Å²) in [5, 5.41) is 17.0. The van der Waals surface area contributed by atoms with Gasteiger partial charge in [-0.1, -0.05) is 12.1 Å². The third-order valence-electron chi connectivity index (χ3n) is 4.75. The van der Waals surface area contributed by atoms with Crippen molar-refractivity contribution >= 4 is 29.9 Å². The molecule has 1 aromatic rings. The maximum absolute atomic E-state index is 10.5. The largest absolute Gasteiger partial charge is 0.491 e. The number of halogens is 1. The Balaban J connectivity index is 0.00000392. The SMILES string of the molecule is CCNC(=NCC(C)N(C)C1CC1)NCC(O)c1cccc(OC(C)C)c1.I. The molecule has 0 radical (unpaired) electrons. The Morgan fingerprint density at radius 2 is 2.00 bits per heavy atom. The van der Waals surface area contributed by atoms with Gasteiger partial charge in [-0.3, -0.25) is 9.89 Å². The van der Waals surface area contributed by atoms with E-state index < -0.39 is 6.10 Å². The van der Waals surface area contributed by atoms with Crippen LogP contribution in [0.3, 0.4) is 0 Å². The van der Waals surface area contributed by atoms with E-state index in [2.05, 4.69) is 34.5 Å². The maximum Gasteiger partial charge on any atom is 0.191 e. The van der Waals surface area contributed by atoms with Crippen LogP contribution in [0.2, 0.25) is 0 Å². The van der Waals surface area contributed by atoms with Crippen molar-refractivity contribution in [2.45, 2.75) is 64.8 Å². The number of ether oxygens (including phenoxy) is 1. The average Bonchev–Trinajstić information content (AvgIpc) is 3.47. The van der Waals surface area contributed by atoms with Crippen molar-refractivity contribution in [2.24, 2.45) is 4.99 Å². The molecule has 2 rings (SSSR count). The summed E-state index contributed by atoms with van der Waals surface area (Å²) in [5.41, 5.74) is 0.832. The summed E-state index contributed by atoms with van der Waals surface area (Å²) in [5.74, 6) is 1.52. The zero-order valence-electron chi connectivity index (χ0n) is 17.8. The van der Waals surface area contributed by atoms with Crippen LogP contribution >= 0.6 is 24.0 Å². The van der Waals surface area contributed by atoms with Crippen LogP contribution in [0.25, 0.3) is 0 Å². The third-order valence-corrected chi connectivity index (χ3v) is 4.75. The lowest BCUT2D eigenvalue weighted by atomic mass is 10.1. The quantitative estimate of drug-likeness (QED) is 0.260. The van der Waals surface area contributed by atoms with E-state index in [-0.39, 0.29) is 30.1 Å². The van der Waals surface area contributed by atoms with Crippen LogP contribution in [-0.2, 0) is 0 Å². The van der Waals surface area contributed by atoms with Gasteiger partial charge in [-0.05, 0) is 65.3 Å². The summed E-state index contributed by atoms with van der Waals surface area (Å²) in [6.07, 6.45) is 2.08. The van der Waals surface area contributed by atoms with Crippen molar-refractivity contribution < 1.29 is 9.84 Å². The summed E-state index contributed by atoms with van der Waals surface area (Å²) in [4.78, 5) is 7.09. The fourth-order valence-corrected chi connectivity index (χ4v) is 2.91. The molecule has 1 saturated carbocycles. The Kier molecular flexibility index (Phi) is 11.1. The lowest BCUT2D eigenvalue weighted by molar-refractivity contribution is 0.179. The molecule has 0 bridgehead atoms. The van der Waals surface area contributed by atoms with Crippen molar-refractivity contribution in [2.75, 3.05) is 26.7 Å². The van der Waals surface area contributed by atoms with E-state index in [9.17, 15) is 5.11 Å². The number of aliphatic hydroxyl groups excluding tert-OH is 1. The fraction of sp³-hybridized carbons (Fsp3) is 0.667. The molecule has 0 aliphatic heterocycles. The molecule has 2 unspecified atom stereocenters. The van der Waals surface area contributed by atoms with Gasteiger partial charge in [0.25, 0.3) is 0 Å². The number of hydrogen-bond donors (Lipinski definition) is 3. The average molecular weight is 504 g/mol. The first-order valence-corrected chi connectivity index (χ1v) is 10.1. The van der Waals surface area contributed by atoms with Crippen molar-refractivity contribution in [1.29, 1.82) is 0 Å². The van der Waals surface area contributed by atoms with Gasteiger partial charge in [0.1, 0.15) is 5.75 Å². The number of guanidine groups is 1. The molecule has 1 aliphatic rings. The first-order valence-electron chi connectivity index (χ1n) is 10.1. The summed E-state index contributed by atoms with van der Waals surface area (Å²) in [6, 6.07) is 8.76. The monoisotopic (exact) mass is 504 g/mol. The van der Waals surface area contributed by atoms with E-state index >= 15 is 0 Å². The van der Waals surface area contributed by atoms with Crippen molar-refractivity contribution in [3.05, 3.63) is 29.8 Å². The van der Waals surface area contributed by atoms with Crippen LogP contribution in [0.5, 0.6) is 5.75 Å². The summed E-state index contributed by atoms with van der Waals surface area (Å²) < 4.78 is 5.71. The summed E-state index contributed by atoms with van der Waals surface area (Å²) in [7, 11) is 2.17. The van der Waals surface area contributed by atoms with Gasteiger partial charge in [-0.2, -0.15) is 0 Å². The first-order chi connectivity index (χ1) is 12.9. The minimum atomic E-state index is -0.629. The van der Waals surface area contributed by atoms with E-state index in [0.29, 0.717) is 12.6 Å². The molecular formula is C21H37IN4O2. The lowest BCUT2D eigenvalue weighted by Gasteiger charge is -2.23. The molecule has 6 nitrogen and oxygen atoms in total. The van der Waals surface area contributed by atoms with Crippen molar-refractivity contribution in [3.63, 3.8) is 0 Å². The molecule has 1 aliphatic carbocycles. The van der Waals surface area contributed by atoms with Gasteiger partial charge in [0.15, 0.2) is 5.96 Å². The predicted octanol–water partition coefficient (Wildman–Crippen LogP) is 3.16. The lowest BCUT2D eigenvalue weighted by Crippen LogP contribution is -2.41. The second-order valence-electron chi connectivity index (χ2n) is 7.60. The molecule has 3 N–H and O–H groups in total. The van der Waals surface area contributed by atoms with E-state index in [1.807, 2.05) is 45.0 Å². The Morgan fingerprint density at radius 3 is 2.61 bits per heavy atom. The number of nitrogens with one attached hydrogen (secondary N) is 2. The highest BCUT2D eigenvalue weighted by Gasteiger charge is 2.28. The highest BCUT2D eigenvalue weighted by Crippen LogP contribution is 2.26. The van der Waals surface area contributed by atoms with Gasteiger partial charge in [0, 0.05) is 25.2 Å². The third kappa shape index (κ3) is 8.53. The Morgan fingerprint density at radius 1 is 1.29 bits per heavy atom. The topological polar surface area (TPSA) is 69.1 Å². The number of rotatable bonds is 10. The summed E-state index contributed by atoms with van der Waals surface area (Å²) in [6.45, 7) is 10.1. The number of likely N-dealkylation sites (N-methyl/N-ethyl adjacent to an activating group) is 1. The molecule has 0 saturated heterocycles. The molecule has 28 heavy (non-hydrogen) atoms. The van der Waals surface area contributed by atoms with Gasteiger partial charge in [0.2, 0.25) is 0 Å². The standard InChI is InChI=1S/C21H36N4O2.HI/c1-6-22-21(23-13-16(4)25(5)18-10-11-18)24-14-20(26)17-8-7-9-19(12-17)27-15(2)3;/h7-9,12,15-16,18,20,26H,6,10-11,13-14H2,1-5H3,(H2,22,23,24);1H. The number of hydrogen-bond acceptors (Lipinski definition) is 4. The number of aliphatic imine (C=N–C) groups is 1. The zero-order valence-corrected chi connectivity index (χ0v) is 20.1. The van der Waals surface area contributed by atoms with Gasteiger partial charge in [0.05, 0.1) is 18.8 Å². The molecule has 1 aromatic carbocycles. The van der Waals surface area contributed by atoms with Crippen LogP contribution in [-0.4, -0.2) is 60.8 Å². The number of benzene rings is 1. The molecule has 0 amide bonds. The van der Waals surface area contributed by atoms with E-state index in [1.54, 1.807) is 0 Å². The molecule has 0 aromatic heterocycles. The molecule has 7 heteroatoms. The van der Waals surface area contributed by atoms with E-state index in [1.165, 1.54) is 12.8 Å². The van der Waals surface area contributed by atoms with Gasteiger partial charge >= 0.3 is 0 Å². The van der Waals surface area contributed by atoms with Crippen LogP contribution in [0, 0.1) is 0 Å². The molecule has 0 heterocycles. The van der Waals surface area contributed by atoms with Gasteiger partial charge in [-0.25, -0.2) is 0 Å². The normalized spacial score (nSPS) is 16.5. The first kappa shape index (κ1) is 25.0. The minimum absolute atomic E-state index is 0. The Bertz CT molecular complexity index is 608. The number of aliphatic hydroxyl groups is 1. The molecular weight excluding hydrogens is 467 g/mol. The van der Waals surface area contributed by atoms with E-state index in [4.69, 9.17) is 4.74 Å². The van der Waals surface area contributed by atoms with Crippen LogP contribution in [0.4, 0.5) is 0 Å². The highest BCUT2D eigenvalue weighted by molar-refractivity contribution is 14.0. The van der Waals surface area contributed by atoms with Crippen LogP contribution < -0.4 is 15.4 Å². The second kappa shape index (κ2) is 12.5. The highest BCUT2D eigenvalue weighted by atomic mass is 127. The summed E-state index contributed by atoms with van der Waals surface area (Å²) >= 11 is 0. The maximum atomic E-state index is 10.5. The van der Waals surface area contributed by atoms with E-state index in [0.717, 1.165) is 36.4 Å².